The van der Waals surface area contributed by atoms with E-state index in [1.807, 2.05) is 13.8 Å². The molecule has 0 spiro atoms. The van der Waals surface area contributed by atoms with Crippen LogP contribution in [-0.2, 0) is 14.3 Å². The van der Waals surface area contributed by atoms with Gasteiger partial charge in [-0.1, -0.05) is 13.8 Å². The Hall–Kier alpha value is -0.990. The molecule has 0 saturated carbocycles. The number of carbonyl (C=O) groups excluding carboxylic acids is 1. The number of hydrogen-bond donors (Lipinski definition) is 0. The minimum Gasteiger partial charge on any atom is -0.501 e. The summed E-state index contributed by atoms with van der Waals surface area (Å²) in [5.74, 6) is -0.340. The average molecular weight is 172 g/mol. The van der Waals surface area contributed by atoms with E-state index in [9.17, 15) is 4.79 Å². The highest BCUT2D eigenvalue weighted by Crippen LogP contribution is 1.86. The summed E-state index contributed by atoms with van der Waals surface area (Å²) in [6.07, 6.45) is 4.45. The first-order valence-corrected chi connectivity index (χ1v) is 4.26. The van der Waals surface area contributed by atoms with E-state index in [1.54, 1.807) is 0 Å². The van der Waals surface area contributed by atoms with Gasteiger partial charge in [-0.3, -0.25) is 0 Å². The lowest BCUT2D eigenvalue weighted by molar-refractivity contribution is -0.137. The van der Waals surface area contributed by atoms with Crippen LogP contribution in [0.25, 0.3) is 0 Å². The molecule has 0 aliphatic carbocycles. The second kappa shape index (κ2) is 8.11. The van der Waals surface area contributed by atoms with Gasteiger partial charge in [0.25, 0.3) is 0 Å². The van der Waals surface area contributed by atoms with E-state index in [1.165, 1.54) is 12.3 Å². The molecular formula is C9H16O3. The molecule has 0 aliphatic rings. The lowest BCUT2D eigenvalue weighted by atomic mass is 10.5. The number of ether oxygens (including phenoxy) is 2. The van der Waals surface area contributed by atoms with E-state index in [4.69, 9.17) is 9.47 Å². The third-order valence-electron chi connectivity index (χ3n) is 1.07. The predicted molar refractivity (Wildman–Crippen MR) is 46.6 cm³/mol. The lowest BCUT2D eigenvalue weighted by Crippen LogP contribution is -2.01. The van der Waals surface area contributed by atoms with Crippen LogP contribution < -0.4 is 0 Å². The van der Waals surface area contributed by atoms with Crippen LogP contribution in [0, 0.1) is 0 Å². The van der Waals surface area contributed by atoms with Gasteiger partial charge in [0.05, 0.1) is 25.6 Å². The van der Waals surface area contributed by atoms with Crippen LogP contribution >= 0.6 is 0 Å². The van der Waals surface area contributed by atoms with Crippen LogP contribution in [0.5, 0.6) is 0 Å². The highest BCUT2D eigenvalue weighted by molar-refractivity contribution is 5.81. The Morgan fingerprint density at radius 1 is 1.25 bits per heavy atom. The zero-order valence-electron chi connectivity index (χ0n) is 7.71. The summed E-state index contributed by atoms with van der Waals surface area (Å²) in [4.78, 5) is 10.8. The molecule has 0 fully saturated rings. The number of rotatable bonds is 6. The van der Waals surface area contributed by atoms with Gasteiger partial charge >= 0.3 is 5.97 Å². The molecule has 0 atom stereocenters. The molecule has 0 aromatic rings. The monoisotopic (exact) mass is 172 g/mol. The topological polar surface area (TPSA) is 35.5 Å². The fraction of sp³-hybridized carbons (Fsp3) is 0.667. The standard InChI is InChI=1S/C9H16O3/c1-3-6-11-8-5-9(10)12-7-4-2/h5,8H,3-4,6-7H2,1-2H3. The highest BCUT2D eigenvalue weighted by atomic mass is 16.5. The molecular weight excluding hydrogens is 156 g/mol. The van der Waals surface area contributed by atoms with Crippen molar-refractivity contribution in [3.63, 3.8) is 0 Å². The van der Waals surface area contributed by atoms with Gasteiger partial charge in [0.1, 0.15) is 0 Å². The Morgan fingerprint density at radius 2 is 1.92 bits per heavy atom. The first kappa shape index (κ1) is 11.0. The zero-order valence-corrected chi connectivity index (χ0v) is 7.71. The predicted octanol–water partition coefficient (Wildman–Crippen LogP) is 1.88. The molecule has 0 saturated heterocycles. The van der Waals surface area contributed by atoms with E-state index in [0.717, 1.165) is 12.8 Å². The molecule has 0 rings (SSSR count). The van der Waals surface area contributed by atoms with Crippen LogP contribution in [-0.4, -0.2) is 19.2 Å². The average Bonchev–Trinajstić information content (AvgIpc) is 2.09. The largest absolute Gasteiger partial charge is 0.501 e. The zero-order chi connectivity index (χ0) is 9.23. The van der Waals surface area contributed by atoms with Crippen molar-refractivity contribution >= 4 is 5.97 Å². The van der Waals surface area contributed by atoms with E-state index in [0.29, 0.717) is 13.2 Å². The summed E-state index contributed by atoms with van der Waals surface area (Å²) in [6, 6.07) is 0. The van der Waals surface area contributed by atoms with E-state index in [2.05, 4.69) is 0 Å². The van der Waals surface area contributed by atoms with Crippen molar-refractivity contribution in [3.05, 3.63) is 12.3 Å². The van der Waals surface area contributed by atoms with Crippen molar-refractivity contribution < 1.29 is 14.3 Å². The molecule has 0 aromatic heterocycles. The molecule has 0 bridgehead atoms. The lowest BCUT2D eigenvalue weighted by Gasteiger charge is -1.98. The van der Waals surface area contributed by atoms with E-state index < -0.39 is 0 Å². The summed E-state index contributed by atoms with van der Waals surface area (Å²) < 4.78 is 9.72. The van der Waals surface area contributed by atoms with Crippen molar-refractivity contribution in [2.45, 2.75) is 26.7 Å². The minimum atomic E-state index is -0.340. The highest BCUT2D eigenvalue weighted by Gasteiger charge is 1.93. The van der Waals surface area contributed by atoms with Crippen LogP contribution in [0.15, 0.2) is 12.3 Å². The van der Waals surface area contributed by atoms with Crippen LogP contribution in [0.3, 0.4) is 0 Å². The second-order valence-electron chi connectivity index (χ2n) is 2.34. The van der Waals surface area contributed by atoms with Gasteiger partial charge in [0, 0.05) is 0 Å². The summed E-state index contributed by atoms with van der Waals surface area (Å²) in [6.45, 7) is 5.06. The van der Waals surface area contributed by atoms with Crippen molar-refractivity contribution in [2.24, 2.45) is 0 Å². The molecule has 0 heterocycles. The number of hydrogen-bond acceptors (Lipinski definition) is 3. The van der Waals surface area contributed by atoms with Crippen LogP contribution in [0.2, 0.25) is 0 Å². The molecule has 0 radical (unpaired) electrons. The molecule has 12 heavy (non-hydrogen) atoms. The smallest absolute Gasteiger partial charge is 0.333 e. The SMILES string of the molecule is CCCOC=CC(=O)OCCC. The first-order valence-electron chi connectivity index (χ1n) is 4.26. The molecule has 0 amide bonds. The Bertz CT molecular complexity index is 141. The summed E-state index contributed by atoms with van der Waals surface area (Å²) in [7, 11) is 0. The van der Waals surface area contributed by atoms with E-state index in [-0.39, 0.29) is 5.97 Å². The van der Waals surface area contributed by atoms with Crippen molar-refractivity contribution in [1.82, 2.24) is 0 Å². The molecule has 3 heteroatoms. The second-order valence-corrected chi connectivity index (χ2v) is 2.34. The van der Waals surface area contributed by atoms with E-state index >= 15 is 0 Å². The van der Waals surface area contributed by atoms with Gasteiger partial charge in [-0.05, 0) is 12.8 Å². The maximum atomic E-state index is 10.8. The van der Waals surface area contributed by atoms with Gasteiger partial charge in [-0.2, -0.15) is 0 Å². The number of esters is 1. The molecule has 0 unspecified atom stereocenters. The normalized spacial score (nSPS) is 10.2. The van der Waals surface area contributed by atoms with Gasteiger partial charge < -0.3 is 9.47 Å². The summed E-state index contributed by atoms with van der Waals surface area (Å²) in [5.41, 5.74) is 0. The van der Waals surface area contributed by atoms with Crippen molar-refractivity contribution in [1.29, 1.82) is 0 Å². The fourth-order valence-corrected chi connectivity index (χ4v) is 0.540. The molecule has 3 nitrogen and oxygen atoms in total. The molecule has 0 aromatic carbocycles. The molecule has 0 N–H and O–H groups in total. The maximum absolute atomic E-state index is 10.8. The first-order chi connectivity index (χ1) is 5.81. The third-order valence-corrected chi connectivity index (χ3v) is 1.07. The van der Waals surface area contributed by atoms with Gasteiger partial charge in [0.2, 0.25) is 0 Å². The van der Waals surface area contributed by atoms with Crippen molar-refractivity contribution in [2.75, 3.05) is 13.2 Å². The van der Waals surface area contributed by atoms with Gasteiger partial charge in [-0.25, -0.2) is 4.79 Å². The number of carbonyl (C=O) groups is 1. The van der Waals surface area contributed by atoms with Gasteiger partial charge in [-0.15, -0.1) is 0 Å². The van der Waals surface area contributed by atoms with Crippen LogP contribution in [0.1, 0.15) is 26.7 Å². The summed E-state index contributed by atoms with van der Waals surface area (Å²) >= 11 is 0. The Balaban J connectivity index is 3.34. The Kier molecular flexibility index (Phi) is 7.44. The maximum Gasteiger partial charge on any atom is 0.333 e. The van der Waals surface area contributed by atoms with Gasteiger partial charge in [0.15, 0.2) is 0 Å². The Morgan fingerprint density at radius 3 is 2.50 bits per heavy atom. The molecule has 70 valence electrons. The third kappa shape index (κ3) is 7.12. The fourth-order valence-electron chi connectivity index (χ4n) is 0.540. The minimum absolute atomic E-state index is 0.340. The quantitative estimate of drug-likeness (QED) is 0.265. The van der Waals surface area contributed by atoms with Crippen molar-refractivity contribution in [3.8, 4) is 0 Å². The summed E-state index contributed by atoms with van der Waals surface area (Å²) in [5, 5.41) is 0. The van der Waals surface area contributed by atoms with Crippen LogP contribution in [0.4, 0.5) is 0 Å². The Labute approximate surface area is 73.4 Å². The molecule has 0 aliphatic heterocycles.